The van der Waals surface area contributed by atoms with Gasteiger partial charge in [0.1, 0.15) is 0 Å². The van der Waals surface area contributed by atoms with Crippen LogP contribution in [0.2, 0.25) is 0 Å². The van der Waals surface area contributed by atoms with Gasteiger partial charge in [0.2, 0.25) is 0 Å². The number of hydrogen-bond donors (Lipinski definition) is 0. The number of nitrogens with zero attached hydrogens (tertiary/aromatic N) is 1. The summed E-state index contributed by atoms with van der Waals surface area (Å²) < 4.78 is 26.8. The molecule has 1 aromatic rings. The Bertz CT molecular complexity index is 705. The first-order chi connectivity index (χ1) is 7.96. The number of rotatable bonds is 2. The highest BCUT2D eigenvalue weighted by Gasteiger charge is 2.45. The van der Waals surface area contributed by atoms with Gasteiger partial charge in [0, 0.05) is 0 Å². The van der Waals surface area contributed by atoms with Gasteiger partial charge in [-0.25, -0.2) is 0 Å². The van der Waals surface area contributed by atoms with E-state index in [1.165, 1.54) is 16.7 Å². The summed E-state index contributed by atoms with van der Waals surface area (Å²) in [6, 6.07) is 0. The van der Waals surface area contributed by atoms with E-state index in [9.17, 15) is 13.2 Å². The maximum atomic E-state index is 12.0. The van der Waals surface area contributed by atoms with Gasteiger partial charge in [-0.15, -0.1) is 4.28 Å². The van der Waals surface area contributed by atoms with Crippen LogP contribution in [0.3, 0.4) is 0 Å². The van der Waals surface area contributed by atoms with Crippen molar-refractivity contribution >= 4 is 16.0 Å². The largest absolute Gasteiger partial charge is 0.285 e. The van der Waals surface area contributed by atoms with Crippen molar-refractivity contribution in [3.05, 3.63) is 33.4 Å². The first kappa shape index (κ1) is 9.61. The third-order valence-corrected chi connectivity index (χ3v) is 3.94. The Morgan fingerprint density at radius 3 is 2.35 bits per heavy atom. The lowest BCUT2D eigenvalue weighted by atomic mass is 10.1. The molecule has 88 valence electrons. The van der Waals surface area contributed by atoms with Crippen molar-refractivity contribution < 1.29 is 17.5 Å². The van der Waals surface area contributed by atoms with E-state index >= 15 is 0 Å². The molecular weight excluding hydrogens is 242 g/mol. The normalized spacial score (nSPS) is 18.9. The van der Waals surface area contributed by atoms with Crippen LogP contribution in [0.1, 0.15) is 38.2 Å². The minimum Gasteiger partial charge on any atom is -0.267 e. The molecule has 0 saturated heterocycles. The Hall–Kier alpha value is -1.40. The molecule has 5 nitrogen and oxygen atoms in total. The molecule has 0 aromatic heterocycles. The minimum atomic E-state index is -3.64. The van der Waals surface area contributed by atoms with Gasteiger partial charge < -0.3 is 0 Å². The van der Waals surface area contributed by atoms with Crippen LogP contribution in [0.4, 0.5) is 0 Å². The van der Waals surface area contributed by atoms with Crippen molar-refractivity contribution in [3.63, 3.8) is 0 Å². The standard InChI is InChI=1S/C11H9NO4S/c1-17(14,15)16-12-4-9-7-2-5(7)6-3-8(6)10(9)11(12)13/h2-4H2,1H3. The smallest absolute Gasteiger partial charge is 0.267 e. The van der Waals surface area contributed by atoms with E-state index in [-0.39, 0.29) is 12.5 Å². The van der Waals surface area contributed by atoms with E-state index in [0.717, 1.165) is 35.3 Å². The van der Waals surface area contributed by atoms with Crippen LogP contribution < -0.4 is 0 Å². The zero-order valence-corrected chi connectivity index (χ0v) is 9.93. The summed E-state index contributed by atoms with van der Waals surface area (Å²) in [6.45, 7) is 0.261. The topological polar surface area (TPSA) is 63.7 Å². The molecule has 17 heavy (non-hydrogen) atoms. The summed E-state index contributed by atoms with van der Waals surface area (Å²) in [5.74, 6) is -0.311. The molecule has 1 heterocycles. The molecular formula is C11H9NO4S. The second-order valence-electron chi connectivity index (χ2n) is 4.74. The highest BCUT2D eigenvalue weighted by atomic mass is 32.2. The lowest BCUT2D eigenvalue weighted by molar-refractivity contribution is -0.0262. The quantitative estimate of drug-likeness (QED) is 0.659. The SMILES string of the molecule is CS(=O)(=O)ON1Cc2c3c(c4c(c2C1=O)C4)C3. The summed E-state index contributed by atoms with van der Waals surface area (Å²) in [5, 5.41) is 0.956. The van der Waals surface area contributed by atoms with Crippen molar-refractivity contribution in [2.45, 2.75) is 19.4 Å². The average molecular weight is 251 g/mol. The molecule has 0 bridgehead atoms. The average Bonchev–Trinajstić information content (AvgIpc) is 3.06. The van der Waals surface area contributed by atoms with Crippen molar-refractivity contribution in [1.82, 2.24) is 5.06 Å². The lowest BCUT2D eigenvalue weighted by Gasteiger charge is -2.12. The van der Waals surface area contributed by atoms with Gasteiger partial charge in [-0.2, -0.15) is 13.5 Å². The van der Waals surface area contributed by atoms with E-state index in [4.69, 9.17) is 4.28 Å². The fourth-order valence-electron chi connectivity index (χ4n) is 2.70. The molecule has 0 saturated carbocycles. The molecule has 2 aliphatic carbocycles. The molecule has 0 N–H and O–H groups in total. The Balaban J connectivity index is 1.79. The number of hydroxylamine groups is 2. The van der Waals surface area contributed by atoms with Crippen molar-refractivity contribution in [2.24, 2.45) is 0 Å². The lowest BCUT2D eigenvalue weighted by Crippen LogP contribution is -2.27. The summed E-state index contributed by atoms with van der Waals surface area (Å²) in [6.07, 6.45) is 2.79. The second kappa shape index (κ2) is 2.54. The molecule has 1 amide bonds. The molecule has 0 radical (unpaired) electrons. The van der Waals surface area contributed by atoms with Crippen LogP contribution in [0.25, 0.3) is 0 Å². The van der Waals surface area contributed by atoms with Gasteiger partial charge in [-0.05, 0) is 40.7 Å². The number of hydrogen-bond acceptors (Lipinski definition) is 4. The van der Waals surface area contributed by atoms with E-state index < -0.39 is 10.1 Å². The van der Waals surface area contributed by atoms with E-state index in [1.807, 2.05) is 0 Å². The zero-order chi connectivity index (χ0) is 11.9. The fourth-order valence-corrected chi connectivity index (χ4v) is 3.15. The molecule has 3 aliphatic rings. The molecule has 0 spiro atoms. The first-order valence-electron chi connectivity index (χ1n) is 5.35. The van der Waals surface area contributed by atoms with Gasteiger partial charge in [0.15, 0.2) is 0 Å². The van der Waals surface area contributed by atoms with Crippen LogP contribution in [-0.4, -0.2) is 25.6 Å². The zero-order valence-electron chi connectivity index (χ0n) is 9.11. The third kappa shape index (κ3) is 1.22. The first-order valence-corrected chi connectivity index (χ1v) is 7.17. The maximum absolute atomic E-state index is 12.0. The summed E-state index contributed by atoms with van der Waals surface area (Å²) >= 11 is 0. The Labute approximate surface area is 98.1 Å². The molecule has 1 aliphatic heterocycles. The van der Waals surface area contributed by atoms with E-state index in [1.54, 1.807) is 0 Å². The molecule has 0 atom stereocenters. The van der Waals surface area contributed by atoms with Crippen LogP contribution in [-0.2, 0) is 33.8 Å². The fraction of sp³-hybridized carbons (Fsp3) is 0.364. The Kier molecular flexibility index (Phi) is 1.44. The second-order valence-corrected chi connectivity index (χ2v) is 6.30. The number of carbonyl (C=O) groups is 1. The van der Waals surface area contributed by atoms with Crippen molar-refractivity contribution in [3.8, 4) is 0 Å². The molecule has 6 heteroatoms. The van der Waals surface area contributed by atoms with Crippen LogP contribution in [0, 0.1) is 0 Å². The van der Waals surface area contributed by atoms with Crippen molar-refractivity contribution in [1.29, 1.82) is 0 Å². The van der Waals surface area contributed by atoms with E-state index in [2.05, 4.69) is 0 Å². The highest BCUT2D eigenvalue weighted by Crippen LogP contribution is 2.50. The minimum absolute atomic E-state index is 0.261. The van der Waals surface area contributed by atoms with Gasteiger partial charge >= 0.3 is 0 Å². The van der Waals surface area contributed by atoms with Crippen LogP contribution in [0.5, 0.6) is 0 Å². The molecule has 1 aromatic carbocycles. The number of carbonyl (C=O) groups excluding carboxylic acids is 1. The molecule has 4 rings (SSSR count). The summed E-state index contributed by atoms with van der Waals surface area (Å²) in [4.78, 5) is 12.0. The van der Waals surface area contributed by atoms with Gasteiger partial charge in [0.25, 0.3) is 16.0 Å². The number of benzene rings is 1. The number of amides is 1. The predicted octanol–water partition coefficient (Wildman–Crippen LogP) is 0.342. The highest BCUT2D eigenvalue weighted by molar-refractivity contribution is 7.85. The van der Waals surface area contributed by atoms with Crippen LogP contribution >= 0.6 is 0 Å². The van der Waals surface area contributed by atoms with E-state index in [0.29, 0.717) is 5.56 Å². The predicted molar refractivity (Wildman–Crippen MR) is 57.9 cm³/mol. The number of fused-ring (bicyclic) bond motifs is 6. The Morgan fingerprint density at radius 2 is 1.65 bits per heavy atom. The van der Waals surface area contributed by atoms with Crippen LogP contribution in [0.15, 0.2) is 0 Å². The Morgan fingerprint density at radius 1 is 1.06 bits per heavy atom. The van der Waals surface area contributed by atoms with Gasteiger partial charge in [0.05, 0.1) is 18.4 Å². The summed E-state index contributed by atoms with van der Waals surface area (Å²) in [5.41, 5.74) is 6.66. The monoisotopic (exact) mass is 251 g/mol. The van der Waals surface area contributed by atoms with Gasteiger partial charge in [-0.1, -0.05) is 0 Å². The maximum Gasteiger partial charge on any atom is 0.285 e. The molecule has 0 fully saturated rings. The summed E-state index contributed by atoms with van der Waals surface area (Å²) in [7, 11) is -3.64. The third-order valence-electron chi connectivity index (χ3n) is 3.49. The molecule has 0 unspecified atom stereocenters. The van der Waals surface area contributed by atoms with Crippen molar-refractivity contribution in [2.75, 3.05) is 6.26 Å². The van der Waals surface area contributed by atoms with Gasteiger partial charge in [-0.3, -0.25) is 4.79 Å².